The van der Waals surface area contributed by atoms with Crippen LogP contribution in [0.2, 0.25) is 0 Å². The van der Waals surface area contributed by atoms with Gasteiger partial charge in [0.1, 0.15) is 0 Å². The fraction of sp³-hybridized carbons (Fsp3) is 0.833. The van der Waals surface area contributed by atoms with E-state index in [-0.39, 0.29) is 18.1 Å². The lowest BCUT2D eigenvalue weighted by Crippen LogP contribution is -2.45. The smallest absolute Gasteiger partial charge is 0.307 e. The van der Waals surface area contributed by atoms with E-state index in [9.17, 15) is 9.59 Å². The maximum atomic E-state index is 11.9. The first-order valence-electron chi connectivity index (χ1n) is 6.03. The average Bonchev–Trinajstić information content (AvgIpc) is 2.73. The molecule has 98 valence electrons. The van der Waals surface area contributed by atoms with E-state index in [1.165, 1.54) is 0 Å². The Bertz CT molecular complexity index is 292. The molecule has 0 aromatic rings. The first-order chi connectivity index (χ1) is 7.97. The van der Waals surface area contributed by atoms with Gasteiger partial charge < -0.3 is 15.2 Å². The summed E-state index contributed by atoms with van der Waals surface area (Å²) in [6.45, 7) is 3.19. The number of carbonyl (C=O) groups is 2. The fourth-order valence-corrected chi connectivity index (χ4v) is 2.13. The lowest BCUT2D eigenvalue weighted by Gasteiger charge is -2.23. The molecule has 0 aromatic carbocycles. The Morgan fingerprint density at radius 3 is 2.47 bits per heavy atom. The summed E-state index contributed by atoms with van der Waals surface area (Å²) in [6, 6.07) is 0.0240. The SMILES string of the molecule is COC1CCCC1NC(=O)C(C)C(C)C(=O)O. The van der Waals surface area contributed by atoms with Crippen LogP contribution in [0, 0.1) is 11.8 Å². The Labute approximate surface area is 102 Å². The lowest BCUT2D eigenvalue weighted by atomic mass is 9.95. The Hall–Kier alpha value is -1.10. The first-order valence-corrected chi connectivity index (χ1v) is 6.03. The van der Waals surface area contributed by atoms with Crippen molar-refractivity contribution in [2.45, 2.75) is 45.3 Å². The summed E-state index contributed by atoms with van der Waals surface area (Å²) in [4.78, 5) is 22.7. The van der Waals surface area contributed by atoms with Crippen LogP contribution in [0.1, 0.15) is 33.1 Å². The highest BCUT2D eigenvalue weighted by Crippen LogP contribution is 2.22. The Morgan fingerprint density at radius 2 is 1.94 bits per heavy atom. The number of methoxy groups -OCH3 is 1. The highest BCUT2D eigenvalue weighted by Gasteiger charge is 2.32. The summed E-state index contributed by atoms with van der Waals surface area (Å²) in [6.07, 6.45) is 2.95. The van der Waals surface area contributed by atoms with E-state index < -0.39 is 17.8 Å². The van der Waals surface area contributed by atoms with Crippen molar-refractivity contribution in [2.24, 2.45) is 11.8 Å². The summed E-state index contributed by atoms with van der Waals surface area (Å²) in [7, 11) is 1.64. The number of ether oxygens (including phenoxy) is 1. The third-order valence-corrected chi connectivity index (χ3v) is 3.64. The molecule has 1 aliphatic carbocycles. The quantitative estimate of drug-likeness (QED) is 0.756. The second-order valence-electron chi connectivity index (χ2n) is 4.74. The summed E-state index contributed by atoms with van der Waals surface area (Å²) >= 11 is 0. The molecule has 17 heavy (non-hydrogen) atoms. The zero-order valence-corrected chi connectivity index (χ0v) is 10.6. The van der Waals surface area contributed by atoms with Crippen LogP contribution in [0.25, 0.3) is 0 Å². The van der Waals surface area contributed by atoms with Gasteiger partial charge in [0.15, 0.2) is 0 Å². The van der Waals surface area contributed by atoms with E-state index in [1.807, 2.05) is 0 Å². The Balaban J connectivity index is 2.51. The molecule has 0 bridgehead atoms. The predicted molar refractivity (Wildman–Crippen MR) is 62.5 cm³/mol. The molecule has 4 unspecified atom stereocenters. The minimum absolute atomic E-state index is 0.0240. The lowest BCUT2D eigenvalue weighted by molar-refractivity contribution is -0.146. The molecule has 1 aliphatic rings. The van der Waals surface area contributed by atoms with Crippen molar-refractivity contribution in [1.82, 2.24) is 5.32 Å². The van der Waals surface area contributed by atoms with Gasteiger partial charge in [-0.25, -0.2) is 0 Å². The third-order valence-electron chi connectivity index (χ3n) is 3.64. The number of carboxylic acid groups (broad SMARTS) is 1. The molecule has 2 N–H and O–H groups in total. The molecule has 1 rings (SSSR count). The normalized spacial score (nSPS) is 27.5. The average molecular weight is 243 g/mol. The second kappa shape index (κ2) is 6.00. The maximum Gasteiger partial charge on any atom is 0.307 e. The topological polar surface area (TPSA) is 75.6 Å². The van der Waals surface area contributed by atoms with Gasteiger partial charge in [-0.1, -0.05) is 13.8 Å². The molecule has 0 radical (unpaired) electrons. The molecule has 0 saturated heterocycles. The maximum absolute atomic E-state index is 11.9. The van der Waals surface area contributed by atoms with Gasteiger partial charge in [0.05, 0.1) is 18.1 Å². The zero-order valence-electron chi connectivity index (χ0n) is 10.6. The van der Waals surface area contributed by atoms with Gasteiger partial charge in [-0.15, -0.1) is 0 Å². The van der Waals surface area contributed by atoms with Gasteiger partial charge in [-0.05, 0) is 19.3 Å². The van der Waals surface area contributed by atoms with Crippen molar-refractivity contribution in [2.75, 3.05) is 7.11 Å². The van der Waals surface area contributed by atoms with Crippen LogP contribution in [0.5, 0.6) is 0 Å². The van der Waals surface area contributed by atoms with Gasteiger partial charge in [0.25, 0.3) is 0 Å². The van der Waals surface area contributed by atoms with Crippen molar-refractivity contribution in [3.8, 4) is 0 Å². The van der Waals surface area contributed by atoms with E-state index in [2.05, 4.69) is 5.32 Å². The Kier molecular flexibility index (Phi) is 4.93. The van der Waals surface area contributed by atoms with Crippen LogP contribution < -0.4 is 5.32 Å². The highest BCUT2D eigenvalue weighted by atomic mass is 16.5. The first kappa shape index (κ1) is 14.0. The third kappa shape index (κ3) is 3.43. The number of carbonyl (C=O) groups excluding carboxylic acids is 1. The summed E-state index contributed by atoms with van der Waals surface area (Å²) in [5.74, 6) is -2.33. The van der Waals surface area contributed by atoms with Crippen molar-refractivity contribution in [3.63, 3.8) is 0 Å². The van der Waals surface area contributed by atoms with Crippen LogP contribution in [0.15, 0.2) is 0 Å². The molecule has 0 heterocycles. The summed E-state index contributed by atoms with van der Waals surface area (Å²) in [5.41, 5.74) is 0. The second-order valence-corrected chi connectivity index (χ2v) is 4.74. The highest BCUT2D eigenvalue weighted by molar-refractivity contribution is 5.84. The largest absolute Gasteiger partial charge is 0.481 e. The van der Waals surface area contributed by atoms with Crippen LogP contribution in [0.3, 0.4) is 0 Å². The van der Waals surface area contributed by atoms with E-state index in [1.54, 1.807) is 21.0 Å². The molecular weight excluding hydrogens is 222 g/mol. The standard InChI is InChI=1S/C12H21NO4/c1-7(8(2)12(15)16)11(14)13-9-5-4-6-10(9)17-3/h7-10H,4-6H2,1-3H3,(H,13,14)(H,15,16). The van der Waals surface area contributed by atoms with E-state index in [4.69, 9.17) is 9.84 Å². The van der Waals surface area contributed by atoms with Gasteiger partial charge in [-0.2, -0.15) is 0 Å². The predicted octanol–water partition coefficient (Wildman–Crippen LogP) is 1.03. The van der Waals surface area contributed by atoms with Crippen molar-refractivity contribution >= 4 is 11.9 Å². The summed E-state index contributed by atoms with van der Waals surface area (Å²) in [5, 5.41) is 11.7. The molecule has 5 heteroatoms. The number of hydrogen-bond donors (Lipinski definition) is 2. The van der Waals surface area contributed by atoms with Crippen LogP contribution >= 0.6 is 0 Å². The van der Waals surface area contributed by atoms with E-state index in [0.29, 0.717) is 0 Å². The van der Waals surface area contributed by atoms with Crippen LogP contribution in [0.4, 0.5) is 0 Å². The van der Waals surface area contributed by atoms with Crippen molar-refractivity contribution in [1.29, 1.82) is 0 Å². The number of carboxylic acids is 1. The fourth-order valence-electron chi connectivity index (χ4n) is 2.13. The minimum atomic E-state index is -0.942. The van der Waals surface area contributed by atoms with Crippen LogP contribution in [-0.4, -0.2) is 36.2 Å². The number of hydrogen-bond acceptors (Lipinski definition) is 3. The van der Waals surface area contributed by atoms with Gasteiger partial charge in [0, 0.05) is 13.0 Å². The van der Waals surface area contributed by atoms with E-state index in [0.717, 1.165) is 19.3 Å². The van der Waals surface area contributed by atoms with Gasteiger partial charge >= 0.3 is 5.97 Å². The molecule has 1 fully saturated rings. The zero-order chi connectivity index (χ0) is 13.0. The minimum Gasteiger partial charge on any atom is -0.481 e. The van der Waals surface area contributed by atoms with Gasteiger partial charge in [0.2, 0.25) is 5.91 Å². The van der Waals surface area contributed by atoms with Gasteiger partial charge in [-0.3, -0.25) is 9.59 Å². The molecule has 0 spiro atoms. The van der Waals surface area contributed by atoms with Crippen molar-refractivity contribution in [3.05, 3.63) is 0 Å². The molecule has 0 aliphatic heterocycles. The molecule has 4 atom stereocenters. The molecular formula is C12H21NO4. The van der Waals surface area contributed by atoms with Crippen LogP contribution in [-0.2, 0) is 14.3 Å². The number of amides is 1. The number of rotatable bonds is 5. The Morgan fingerprint density at radius 1 is 1.29 bits per heavy atom. The van der Waals surface area contributed by atoms with Crippen molar-refractivity contribution < 1.29 is 19.4 Å². The molecule has 1 saturated carbocycles. The van der Waals surface area contributed by atoms with E-state index >= 15 is 0 Å². The molecule has 0 aromatic heterocycles. The number of aliphatic carboxylic acids is 1. The summed E-state index contributed by atoms with van der Waals surface area (Å²) < 4.78 is 5.28. The monoisotopic (exact) mass is 243 g/mol. The molecule has 1 amide bonds. The number of nitrogens with one attached hydrogen (secondary N) is 1. The molecule has 5 nitrogen and oxygen atoms in total.